The minimum absolute atomic E-state index is 0.0825. The van der Waals surface area contributed by atoms with Gasteiger partial charge in [-0.05, 0) is 56.2 Å². The summed E-state index contributed by atoms with van der Waals surface area (Å²) in [7, 11) is 0. The first-order valence-corrected chi connectivity index (χ1v) is 11.6. The monoisotopic (exact) mass is 485 g/mol. The molecule has 0 amide bonds. The lowest BCUT2D eigenvalue weighted by molar-refractivity contribution is 0.0521. The van der Waals surface area contributed by atoms with Crippen molar-refractivity contribution >= 4 is 29.2 Å². The largest absolute Gasteiger partial charge is 0.461 e. The van der Waals surface area contributed by atoms with E-state index in [-0.39, 0.29) is 23.2 Å². The van der Waals surface area contributed by atoms with Crippen LogP contribution in [0.4, 0.5) is 4.39 Å². The highest BCUT2D eigenvalue weighted by Gasteiger charge is 2.31. The number of benzene rings is 2. The number of nitriles is 1. The molecule has 2 aromatic carbocycles. The molecule has 1 aliphatic carbocycles. The number of imidazole rings is 1. The summed E-state index contributed by atoms with van der Waals surface area (Å²) in [6.07, 6.45) is 5.05. The third-order valence-electron chi connectivity index (χ3n) is 5.86. The van der Waals surface area contributed by atoms with E-state index < -0.39 is 11.8 Å². The van der Waals surface area contributed by atoms with Crippen molar-refractivity contribution in [2.75, 3.05) is 6.61 Å². The molecule has 0 aliphatic heterocycles. The molecule has 1 aromatic heterocycles. The first-order chi connectivity index (χ1) is 15.9. The quantitative estimate of drug-likeness (QED) is 0.362. The molecule has 1 heterocycles. The highest BCUT2D eigenvalue weighted by Crippen LogP contribution is 2.40. The van der Waals surface area contributed by atoms with Crippen LogP contribution in [0, 0.1) is 17.1 Å². The molecule has 0 N–H and O–H groups in total. The summed E-state index contributed by atoms with van der Waals surface area (Å²) < 4.78 is 21.1. The molecule has 170 valence electrons. The molecule has 1 saturated carbocycles. The smallest absolute Gasteiger partial charge is 0.359 e. The third kappa shape index (κ3) is 4.62. The van der Waals surface area contributed by atoms with Gasteiger partial charge in [-0.3, -0.25) is 4.57 Å². The van der Waals surface area contributed by atoms with Gasteiger partial charge in [-0.15, -0.1) is 0 Å². The minimum Gasteiger partial charge on any atom is -0.461 e. The van der Waals surface area contributed by atoms with Crippen LogP contribution in [-0.2, 0) is 4.74 Å². The Hall–Kier alpha value is -2.88. The van der Waals surface area contributed by atoms with Crippen LogP contribution in [0.15, 0.2) is 36.4 Å². The topological polar surface area (TPSA) is 67.9 Å². The predicted molar refractivity (Wildman–Crippen MR) is 125 cm³/mol. The molecule has 0 radical (unpaired) electrons. The fourth-order valence-corrected chi connectivity index (χ4v) is 4.70. The predicted octanol–water partition coefficient (Wildman–Crippen LogP) is 7.08. The summed E-state index contributed by atoms with van der Waals surface area (Å²) in [6, 6.07) is 11.4. The molecule has 8 heteroatoms. The van der Waals surface area contributed by atoms with Crippen molar-refractivity contribution in [2.45, 2.75) is 44.9 Å². The highest BCUT2D eigenvalue weighted by molar-refractivity contribution is 6.31. The molecule has 5 nitrogen and oxygen atoms in total. The van der Waals surface area contributed by atoms with Crippen molar-refractivity contribution in [3.8, 4) is 23.0 Å². The Balaban J connectivity index is 2.08. The normalized spacial score (nSPS) is 14.2. The summed E-state index contributed by atoms with van der Waals surface area (Å²) in [4.78, 5) is 17.8. The SMILES string of the molecule is CCOC(=O)c1nc(C2CCCCC2)n(-c2cc(Cl)ccc2C#N)c1-c1ccc(F)c(Cl)c1. The van der Waals surface area contributed by atoms with Gasteiger partial charge < -0.3 is 4.74 Å². The summed E-state index contributed by atoms with van der Waals surface area (Å²) in [5.74, 6) is -0.421. The molecule has 3 aromatic rings. The lowest BCUT2D eigenvalue weighted by atomic mass is 9.88. The number of nitrogens with zero attached hydrogens (tertiary/aromatic N) is 3. The number of ether oxygens (including phenoxy) is 1. The van der Waals surface area contributed by atoms with E-state index in [0.29, 0.717) is 33.4 Å². The van der Waals surface area contributed by atoms with E-state index in [1.165, 1.54) is 12.1 Å². The number of aromatic nitrogens is 2. The van der Waals surface area contributed by atoms with Gasteiger partial charge >= 0.3 is 5.97 Å². The van der Waals surface area contributed by atoms with Gasteiger partial charge in [0.15, 0.2) is 5.69 Å². The van der Waals surface area contributed by atoms with Gasteiger partial charge in [0.1, 0.15) is 17.7 Å². The average Bonchev–Trinajstić information content (AvgIpc) is 3.22. The summed E-state index contributed by atoms with van der Waals surface area (Å²) in [5.41, 5.74) is 1.87. The van der Waals surface area contributed by atoms with Crippen molar-refractivity contribution in [1.29, 1.82) is 5.26 Å². The second kappa shape index (κ2) is 9.94. The lowest BCUT2D eigenvalue weighted by Crippen LogP contribution is -2.13. The molecular formula is C25H22Cl2FN3O2. The second-order valence-electron chi connectivity index (χ2n) is 7.96. The number of hydrogen-bond acceptors (Lipinski definition) is 4. The van der Waals surface area contributed by atoms with Crippen molar-refractivity contribution in [1.82, 2.24) is 9.55 Å². The van der Waals surface area contributed by atoms with Crippen molar-refractivity contribution in [3.63, 3.8) is 0 Å². The van der Waals surface area contributed by atoms with Crippen LogP contribution >= 0.6 is 23.2 Å². The van der Waals surface area contributed by atoms with Crippen molar-refractivity contribution in [2.24, 2.45) is 0 Å². The average molecular weight is 486 g/mol. The van der Waals surface area contributed by atoms with Crippen LogP contribution in [0.25, 0.3) is 16.9 Å². The maximum atomic E-state index is 14.0. The van der Waals surface area contributed by atoms with Crippen molar-refractivity contribution in [3.05, 3.63) is 69.3 Å². The molecule has 0 unspecified atom stereocenters. The van der Waals surface area contributed by atoms with Crippen LogP contribution < -0.4 is 0 Å². The summed E-state index contributed by atoms with van der Waals surface area (Å²) in [6.45, 7) is 1.89. The maximum absolute atomic E-state index is 14.0. The number of halogens is 3. The number of hydrogen-bond donors (Lipinski definition) is 0. The van der Waals surface area contributed by atoms with Crippen LogP contribution in [0.3, 0.4) is 0 Å². The Bertz CT molecular complexity index is 1240. The molecule has 1 fully saturated rings. The fourth-order valence-electron chi connectivity index (χ4n) is 4.35. The van der Waals surface area contributed by atoms with E-state index in [9.17, 15) is 14.4 Å². The minimum atomic E-state index is -0.593. The van der Waals surface area contributed by atoms with Crippen LogP contribution in [0.1, 0.15) is 66.8 Å². The molecule has 0 spiro atoms. The Labute approximate surface area is 201 Å². The zero-order valence-corrected chi connectivity index (χ0v) is 19.6. The molecular weight excluding hydrogens is 464 g/mol. The molecule has 0 bridgehead atoms. The van der Waals surface area contributed by atoms with Gasteiger partial charge in [-0.2, -0.15) is 5.26 Å². The van der Waals surface area contributed by atoms with Crippen LogP contribution in [-0.4, -0.2) is 22.1 Å². The van der Waals surface area contributed by atoms with Gasteiger partial charge in [-0.1, -0.05) is 42.5 Å². The Morgan fingerprint density at radius 1 is 1.21 bits per heavy atom. The molecule has 1 aliphatic rings. The first kappa shape index (κ1) is 23.3. The fraction of sp³-hybridized carbons (Fsp3) is 0.320. The van der Waals surface area contributed by atoms with E-state index in [1.807, 2.05) is 0 Å². The molecule has 4 rings (SSSR count). The highest BCUT2D eigenvalue weighted by atomic mass is 35.5. The van der Waals surface area contributed by atoms with E-state index >= 15 is 0 Å². The zero-order valence-electron chi connectivity index (χ0n) is 18.1. The van der Waals surface area contributed by atoms with E-state index in [4.69, 9.17) is 32.9 Å². The van der Waals surface area contributed by atoms with Gasteiger partial charge in [-0.25, -0.2) is 14.2 Å². The standard InChI is InChI=1S/C25H22Cl2FN3O2/c1-2-33-25(32)22-23(16-9-11-20(28)19(27)12-16)31(21-13-18(26)10-8-17(21)14-29)24(30-22)15-6-4-3-5-7-15/h8-13,15H,2-7H2,1H3. The summed E-state index contributed by atoms with van der Waals surface area (Å²) >= 11 is 12.4. The van der Waals surface area contributed by atoms with Crippen LogP contribution in [0.2, 0.25) is 10.0 Å². The number of carbonyl (C=O) groups is 1. The van der Waals surface area contributed by atoms with Gasteiger partial charge in [0.2, 0.25) is 0 Å². The summed E-state index contributed by atoms with van der Waals surface area (Å²) in [5, 5.41) is 10.2. The first-order valence-electron chi connectivity index (χ1n) is 10.9. The van der Waals surface area contributed by atoms with Gasteiger partial charge in [0.25, 0.3) is 0 Å². The molecule has 0 atom stereocenters. The Morgan fingerprint density at radius 2 is 1.97 bits per heavy atom. The Morgan fingerprint density at radius 3 is 2.64 bits per heavy atom. The zero-order chi connectivity index (χ0) is 23.5. The van der Waals surface area contributed by atoms with E-state index in [2.05, 4.69) is 6.07 Å². The Kier molecular flexibility index (Phi) is 7.02. The van der Waals surface area contributed by atoms with Gasteiger partial charge in [0, 0.05) is 16.5 Å². The lowest BCUT2D eigenvalue weighted by Gasteiger charge is -2.23. The number of esters is 1. The van der Waals surface area contributed by atoms with E-state index in [1.54, 1.807) is 35.8 Å². The number of rotatable bonds is 5. The van der Waals surface area contributed by atoms with E-state index in [0.717, 1.165) is 32.1 Å². The van der Waals surface area contributed by atoms with Crippen LogP contribution in [0.5, 0.6) is 0 Å². The molecule has 33 heavy (non-hydrogen) atoms. The third-order valence-corrected chi connectivity index (χ3v) is 6.38. The second-order valence-corrected chi connectivity index (χ2v) is 8.80. The maximum Gasteiger partial charge on any atom is 0.359 e. The van der Waals surface area contributed by atoms with Gasteiger partial charge in [0.05, 0.1) is 28.6 Å². The molecule has 0 saturated heterocycles. The number of carbonyl (C=O) groups excluding carboxylic acids is 1. The van der Waals surface area contributed by atoms with Crippen molar-refractivity contribution < 1.29 is 13.9 Å².